The third-order valence-electron chi connectivity index (χ3n) is 4.77. The van der Waals surface area contributed by atoms with Crippen LogP contribution in [-0.4, -0.2) is 44.7 Å². The van der Waals surface area contributed by atoms with Crippen LogP contribution in [0.25, 0.3) is 0 Å². The maximum atomic E-state index is 11.7. The zero-order valence-corrected chi connectivity index (χ0v) is 18.1. The Morgan fingerprint density at radius 1 is 1.19 bits per heavy atom. The molecular weight excluding hydrogens is 382 g/mol. The second kappa shape index (κ2) is 7.87. The highest BCUT2D eigenvalue weighted by molar-refractivity contribution is 7.99. The summed E-state index contributed by atoms with van der Waals surface area (Å²) in [5, 5.41) is 10.2. The number of rotatable bonds is 6. The van der Waals surface area contributed by atoms with Gasteiger partial charge in [-0.2, -0.15) is 0 Å². The summed E-state index contributed by atoms with van der Waals surface area (Å²) in [5.41, 5.74) is 1.02. The highest BCUT2D eigenvalue weighted by Gasteiger charge is 2.29. The van der Waals surface area contributed by atoms with E-state index < -0.39 is 9.84 Å². The van der Waals surface area contributed by atoms with Crippen LogP contribution in [0.3, 0.4) is 0 Å². The number of hydrogen-bond acceptors (Lipinski definition) is 7. The second-order valence-corrected chi connectivity index (χ2v) is 11.0. The third kappa shape index (κ3) is 4.87. The first-order valence-corrected chi connectivity index (χ1v) is 11.9. The molecule has 2 aromatic rings. The van der Waals surface area contributed by atoms with Gasteiger partial charge in [-0.25, -0.2) is 18.4 Å². The van der Waals surface area contributed by atoms with Gasteiger partial charge in [0.2, 0.25) is 0 Å². The molecule has 1 unspecified atom stereocenters. The minimum Gasteiger partial charge on any atom is -0.309 e. The molecule has 1 atom stereocenters. The van der Waals surface area contributed by atoms with Crippen molar-refractivity contribution in [2.45, 2.75) is 62.6 Å². The molecule has 9 heteroatoms. The summed E-state index contributed by atoms with van der Waals surface area (Å²) in [6.07, 6.45) is 1.35. The largest absolute Gasteiger partial charge is 0.309 e. The quantitative estimate of drug-likeness (QED) is 0.677. The summed E-state index contributed by atoms with van der Waals surface area (Å²) in [6.45, 7) is 8.42. The summed E-state index contributed by atoms with van der Waals surface area (Å²) in [4.78, 5) is 9.33. The lowest BCUT2D eigenvalue weighted by molar-refractivity contribution is 0.552. The van der Waals surface area contributed by atoms with Crippen molar-refractivity contribution in [2.24, 2.45) is 13.0 Å². The smallest absolute Gasteiger partial charge is 0.197 e. The molecule has 1 saturated heterocycles. The minimum absolute atomic E-state index is 0.134. The molecule has 148 valence electrons. The molecule has 1 fully saturated rings. The molecule has 1 aliphatic rings. The van der Waals surface area contributed by atoms with E-state index >= 15 is 0 Å². The SMILES string of the molecule is CC(C)c1cc(Sc2nnc(CC3CCS(=O)(=O)C3)n2C)nc(C(C)C)n1. The Bertz CT molecular complexity index is 896. The number of nitrogens with zero attached hydrogens (tertiary/aromatic N) is 5. The number of aromatic nitrogens is 5. The van der Waals surface area contributed by atoms with Crippen LogP contribution < -0.4 is 0 Å². The lowest BCUT2D eigenvalue weighted by Crippen LogP contribution is -2.11. The normalized spacial score (nSPS) is 19.3. The zero-order chi connectivity index (χ0) is 19.8. The van der Waals surface area contributed by atoms with Crippen molar-refractivity contribution >= 4 is 21.6 Å². The first-order chi connectivity index (χ1) is 12.6. The summed E-state index contributed by atoms with van der Waals surface area (Å²) in [6, 6.07) is 2.01. The van der Waals surface area contributed by atoms with Gasteiger partial charge >= 0.3 is 0 Å². The Labute approximate surface area is 165 Å². The van der Waals surface area contributed by atoms with Gasteiger partial charge in [-0.15, -0.1) is 10.2 Å². The molecule has 2 aromatic heterocycles. The molecule has 1 aliphatic heterocycles. The summed E-state index contributed by atoms with van der Waals surface area (Å²) >= 11 is 1.48. The standard InChI is InChI=1S/C18H27N5O2S2/c1-11(2)14-9-16(20-17(19-14)12(3)4)26-18-22-21-15(23(18)5)8-13-6-7-27(24,25)10-13/h9,11-13H,6-8,10H2,1-5H3. The molecule has 7 nitrogen and oxygen atoms in total. The molecule has 0 spiro atoms. The molecule has 0 saturated carbocycles. The van der Waals surface area contributed by atoms with Gasteiger partial charge < -0.3 is 4.57 Å². The van der Waals surface area contributed by atoms with Crippen LogP contribution in [0.5, 0.6) is 0 Å². The van der Waals surface area contributed by atoms with Crippen molar-refractivity contribution in [3.8, 4) is 0 Å². The molecule has 3 heterocycles. The molecule has 0 aromatic carbocycles. The van der Waals surface area contributed by atoms with E-state index in [1.807, 2.05) is 17.7 Å². The maximum absolute atomic E-state index is 11.7. The van der Waals surface area contributed by atoms with Gasteiger partial charge in [-0.1, -0.05) is 27.7 Å². The van der Waals surface area contributed by atoms with Crippen LogP contribution in [-0.2, 0) is 23.3 Å². The van der Waals surface area contributed by atoms with Crippen molar-refractivity contribution in [3.63, 3.8) is 0 Å². The van der Waals surface area contributed by atoms with Crippen LogP contribution in [0.1, 0.15) is 63.3 Å². The summed E-state index contributed by atoms with van der Waals surface area (Å²) in [7, 11) is -0.950. The maximum Gasteiger partial charge on any atom is 0.197 e. The van der Waals surface area contributed by atoms with E-state index in [1.165, 1.54) is 11.8 Å². The van der Waals surface area contributed by atoms with E-state index in [0.717, 1.165) is 27.5 Å². The van der Waals surface area contributed by atoms with E-state index in [0.29, 0.717) is 18.8 Å². The lowest BCUT2D eigenvalue weighted by Gasteiger charge is -2.12. The predicted octanol–water partition coefficient (Wildman–Crippen LogP) is 2.98. The third-order valence-corrected chi connectivity index (χ3v) is 7.56. The fourth-order valence-electron chi connectivity index (χ4n) is 3.06. The average molecular weight is 410 g/mol. The molecule has 0 aliphatic carbocycles. The van der Waals surface area contributed by atoms with Gasteiger partial charge in [0, 0.05) is 25.1 Å². The molecule has 27 heavy (non-hydrogen) atoms. The van der Waals surface area contributed by atoms with Gasteiger partial charge in [0.1, 0.15) is 16.7 Å². The highest BCUT2D eigenvalue weighted by atomic mass is 32.2. The molecule has 0 amide bonds. The molecular formula is C18H27N5O2S2. The van der Waals surface area contributed by atoms with Crippen LogP contribution in [0.2, 0.25) is 0 Å². The number of sulfone groups is 1. The van der Waals surface area contributed by atoms with Crippen LogP contribution in [0.4, 0.5) is 0 Å². The average Bonchev–Trinajstić information content (AvgIpc) is 3.10. The zero-order valence-electron chi connectivity index (χ0n) is 16.5. The lowest BCUT2D eigenvalue weighted by atomic mass is 10.1. The minimum atomic E-state index is -2.88. The number of hydrogen-bond donors (Lipinski definition) is 0. The van der Waals surface area contributed by atoms with Crippen molar-refractivity contribution < 1.29 is 8.42 Å². The van der Waals surface area contributed by atoms with Crippen molar-refractivity contribution in [3.05, 3.63) is 23.4 Å². The topological polar surface area (TPSA) is 90.6 Å². The Balaban J connectivity index is 1.79. The molecule has 0 N–H and O–H groups in total. The first-order valence-electron chi connectivity index (χ1n) is 9.30. The Morgan fingerprint density at radius 3 is 2.52 bits per heavy atom. The van der Waals surface area contributed by atoms with E-state index in [2.05, 4.69) is 47.9 Å². The molecule has 0 bridgehead atoms. The van der Waals surface area contributed by atoms with Gasteiger partial charge in [-0.3, -0.25) is 0 Å². The fraction of sp³-hybridized carbons (Fsp3) is 0.667. The van der Waals surface area contributed by atoms with Crippen LogP contribution >= 0.6 is 11.8 Å². The van der Waals surface area contributed by atoms with Gasteiger partial charge in [-0.05, 0) is 36.1 Å². The van der Waals surface area contributed by atoms with Crippen molar-refractivity contribution in [2.75, 3.05) is 11.5 Å². The summed E-state index contributed by atoms with van der Waals surface area (Å²) in [5.74, 6) is 2.91. The van der Waals surface area contributed by atoms with Gasteiger partial charge in [0.25, 0.3) is 0 Å². The Morgan fingerprint density at radius 2 is 1.93 bits per heavy atom. The fourth-order valence-corrected chi connectivity index (χ4v) is 5.76. The first kappa shape index (κ1) is 20.3. The van der Waals surface area contributed by atoms with Crippen molar-refractivity contribution in [1.29, 1.82) is 0 Å². The predicted molar refractivity (Wildman–Crippen MR) is 106 cm³/mol. The van der Waals surface area contributed by atoms with Gasteiger partial charge in [0.05, 0.1) is 11.5 Å². The van der Waals surface area contributed by atoms with E-state index in [-0.39, 0.29) is 23.3 Å². The Kier molecular flexibility index (Phi) is 5.90. The second-order valence-electron chi connectivity index (χ2n) is 7.83. The monoisotopic (exact) mass is 409 g/mol. The highest BCUT2D eigenvalue weighted by Crippen LogP contribution is 2.29. The van der Waals surface area contributed by atoms with Crippen LogP contribution in [0, 0.1) is 5.92 Å². The van der Waals surface area contributed by atoms with Crippen LogP contribution in [0.15, 0.2) is 16.2 Å². The van der Waals surface area contributed by atoms with Crippen molar-refractivity contribution in [1.82, 2.24) is 24.7 Å². The van der Waals surface area contributed by atoms with Gasteiger partial charge in [0.15, 0.2) is 15.0 Å². The molecule has 3 rings (SSSR count). The van der Waals surface area contributed by atoms with E-state index in [9.17, 15) is 8.42 Å². The van der Waals surface area contributed by atoms with E-state index in [1.54, 1.807) is 0 Å². The molecule has 0 radical (unpaired) electrons. The van der Waals surface area contributed by atoms with E-state index in [4.69, 9.17) is 0 Å². The Hall–Kier alpha value is -1.48. The summed E-state index contributed by atoms with van der Waals surface area (Å²) < 4.78 is 25.3.